The lowest BCUT2D eigenvalue weighted by atomic mass is 10.1. The van der Waals surface area contributed by atoms with Crippen LogP contribution >= 0.6 is 0 Å². The zero-order valence-corrected chi connectivity index (χ0v) is 18.4. The van der Waals surface area contributed by atoms with Gasteiger partial charge in [0.2, 0.25) is 5.88 Å². The molecule has 3 aromatic heterocycles. The first kappa shape index (κ1) is 22.9. The Balaban J connectivity index is 1.68. The number of hydrogen-bond acceptors (Lipinski definition) is 8. The number of pyridine rings is 1. The summed E-state index contributed by atoms with van der Waals surface area (Å²) in [4.78, 5) is 28.0. The summed E-state index contributed by atoms with van der Waals surface area (Å²) in [5, 5.41) is 8.35. The number of benzene rings is 1. The van der Waals surface area contributed by atoms with E-state index in [0.29, 0.717) is 28.4 Å². The number of nitrogen functional groups attached to an aromatic ring is 1. The molecule has 0 bridgehead atoms. The number of fused-ring (bicyclic) bond motifs is 1. The highest BCUT2D eigenvalue weighted by molar-refractivity contribution is 5.98. The normalized spacial score (nSPS) is 12.0. The lowest BCUT2D eigenvalue weighted by molar-refractivity contribution is -0.0534. The zero-order valence-electron chi connectivity index (χ0n) is 18.4. The third kappa shape index (κ3) is 5.03. The molecule has 4 aromatic rings. The van der Waals surface area contributed by atoms with Crippen LogP contribution in [-0.2, 0) is 6.54 Å². The van der Waals surface area contributed by atoms with Crippen LogP contribution in [0.15, 0.2) is 54.9 Å². The number of carbonyl (C=O) groups excluding carboxylic acids is 1. The van der Waals surface area contributed by atoms with E-state index in [1.165, 1.54) is 17.0 Å². The monoisotopic (exact) mass is 465 g/mol. The number of aromatic nitrogens is 5. The Morgan fingerprint density at radius 2 is 1.88 bits per heavy atom. The minimum atomic E-state index is -3.00. The minimum Gasteiger partial charge on any atom is -0.415 e. The molecule has 1 amide bonds. The molecular weight excluding hydrogens is 444 g/mol. The lowest BCUT2D eigenvalue weighted by Crippen LogP contribution is -2.34. The number of anilines is 1. The fraction of sp³-hybridized carbons (Fsp3) is 0.217. The Labute approximate surface area is 193 Å². The van der Waals surface area contributed by atoms with E-state index in [-0.39, 0.29) is 18.3 Å². The first-order valence-electron chi connectivity index (χ1n) is 10.3. The van der Waals surface area contributed by atoms with E-state index in [1.54, 1.807) is 43.6 Å². The predicted octanol–water partition coefficient (Wildman–Crippen LogP) is 3.71. The van der Waals surface area contributed by atoms with Crippen molar-refractivity contribution in [3.8, 4) is 5.88 Å². The van der Waals surface area contributed by atoms with Gasteiger partial charge < -0.3 is 15.4 Å². The Morgan fingerprint density at radius 1 is 1.12 bits per heavy atom. The molecule has 11 heteroatoms. The molecule has 0 saturated carbocycles. The molecule has 0 saturated heterocycles. The Kier molecular flexibility index (Phi) is 6.53. The van der Waals surface area contributed by atoms with Crippen LogP contribution in [0, 0.1) is 6.92 Å². The van der Waals surface area contributed by atoms with Crippen LogP contribution in [0.4, 0.5) is 14.6 Å². The number of amides is 1. The fourth-order valence-corrected chi connectivity index (χ4v) is 3.41. The Hall–Kier alpha value is -4.28. The highest BCUT2D eigenvalue weighted by Crippen LogP contribution is 2.25. The predicted molar refractivity (Wildman–Crippen MR) is 120 cm³/mol. The summed E-state index contributed by atoms with van der Waals surface area (Å²) in [6.07, 6.45) is 3.18. The summed E-state index contributed by atoms with van der Waals surface area (Å²) in [5.74, 6) is 0.257. The van der Waals surface area contributed by atoms with Gasteiger partial charge in [-0.2, -0.15) is 13.9 Å². The summed E-state index contributed by atoms with van der Waals surface area (Å²) in [5.41, 5.74) is 8.18. The molecule has 4 rings (SSSR count). The number of aryl methyl sites for hydroxylation is 1. The van der Waals surface area contributed by atoms with Gasteiger partial charge in [0, 0.05) is 29.4 Å². The number of halogens is 2. The average Bonchev–Trinajstić information content (AvgIpc) is 2.83. The van der Waals surface area contributed by atoms with Crippen molar-refractivity contribution < 1.29 is 18.3 Å². The summed E-state index contributed by atoms with van der Waals surface area (Å²) >= 11 is 0. The van der Waals surface area contributed by atoms with E-state index >= 15 is 0 Å². The molecule has 1 atom stereocenters. The molecule has 1 aromatic carbocycles. The zero-order chi connectivity index (χ0) is 24.2. The average molecular weight is 465 g/mol. The SMILES string of the molecule is Cc1cc2cc(C(=O)N(Cc3ccc(OC(F)F)nn3)[C@@H](C)c3ncccn3)ccc2nc1N. The second-order valence-electron chi connectivity index (χ2n) is 7.56. The quantitative estimate of drug-likeness (QED) is 0.439. The minimum absolute atomic E-state index is 0.0390. The van der Waals surface area contributed by atoms with Crippen molar-refractivity contribution in [3.63, 3.8) is 0 Å². The van der Waals surface area contributed by atoms with Crippen LogP contribution in [-0.4, -0.2) is 42.6 Å². The molecule has 9 nitrogen and oxygen atoms in total. The Bertz CT molecular complexity index is 1300. The molecule has 0 aliphatic carbocycles. The molecule has 0 fully saturated rings. The van der Waals surface area contributed by atoms with Crippen molar-refractivity contribution >= 4 is 22.6 Å². The third-order valence-electron chi connectivity index (χ3n) is 5.22. The van der Waals surface area contributed by atoms with Gasteiger partial charge in [0.25, 0.3) is 5.91 Å². The van der Waals surface area contributed by atoms with E-state index in [2.05, 4.69) is 29.9 Å². The molecule has 0 spiro atoms. The number of carbonyl (C=O) groups is 1. The molecule has 174 valence electrons. The number of nitrogens with two attached hydrogens (primary N) is 1. The van der Waals surface area contributed by atoms with Gasteiger partial charge in [-0.25, -0.2) is 15.0 Å². The van der Waals surface area contributed by atoms with Gasteiger partial charge in [-0.3, -0.25) is 4.79 Å². The first-order valence-corrected chi connectivity index (χ1v) is 10.3. The van der Waals surface area contributed by atoms with Crippen molar-refractivity contribution in [2.24, 2.45) is 0 Å². The molecule has 2 N–H and O–H groups in total. The molecule has 34 heavy (non-hydrogen) atoms. The van der Waals surface area contributed by atoms with Crippen molar-refractivity contribution in [2.75, 3.05) is 5.73 Å². The molecule has 3 heterocycles. The highest BCUT2D eigenvalue weighted by atomic mass is 19.3. The maximum atomic E-state index is 13.6. The van der Waals surface area contributed by atoms with Crippen LogP contribution in [0.25, 0.3) is 10.9 Å². The second kappa shape index (κ2) is 9.69. The number of hydrogen-bond donors (Lipinski definition) is 1. The van der Waals surface area contributed by atoms with E-state index in [9.17, 15) is 13.6 Å². The maximum absolute atomic E-state index is 13.6. The topological polar surface area (TPSA) is 120 Å². The smallest absolute Gasteiger partial charge is 0.388 e. The van der Waals surface area contributed by atoms with Gasteiger partial charge in [-0.05, 0) is 55.8 Å². The van der Waals surface area contributed by atoms with Crippen molar-refractivity contribution in [2.45, 2.75) is 33.0 Å². The molecule has 0 radical (unpaired) electrons. The lowest BCUT2D eigenvalue weighted by Gasteiger charge is -2.28. The largest absolute Gasteiger partial charge is 0.415 e. The maximum Gasteiger partial charge on any atom is 0.388 e. The van der Waals surface area contributed by atoms with E-state index in [1.807, 2.05) is 13.0 Å². The van der Waals surface area contributed by atoms with Gasteiger partial charge in [-0.1, -0.05) is 0 Å². The number of alkyl halides is 2. The van der Waals surface area contributed by atoms with Crippen LogP contribution in [0.5, 0.6) is 5.88 Å². The van der Waals surface area contributed by atoms with Crippen molar-refractivity contribution in [3.05, 3.63) is 77.5 Å². The standard InChI is InChI=1S/C23H21F2N7O2/c1-13-10-16-11-15(4-6-18(16)29-20(13)26)22(33)32(14(2)21-27-8-3-9-28-21)12-17-5-7-19(31-30-17)34-23(24)25/h3-11,14,23H,12H2,1-2H3,(H2,26,29)/t14-/m0/s1. The van der Waals surface area contributed by atoms with E-state index < -0.39 is 12.7 Å². The third-order valence-corrected chi connectivity index (χ3v) is 5.22. The first-order chi connectivity index (χ1) is 16.3. The highest BCUT2D eigenvalue weighted by Gasteiger charge is 2.26. The molecular formula is C23H21F2N7O2. The van der Waals surface area contributed by atoms with Crippen molar-refractivity contribution in [1.29, 1.82) is 0 Å². The summed E-state index contributed by atoms with van der Waals surface area (Å²) in [7, 11) is 0. The van der Waals surface area contributed by atoms with Crippen LogP contribution in [0.3, 0.4) is 0 Å². The summed E-state index contributed by atoms with van der Waals surface area (Å²) < 4.78 is 29.1. The Morgan fingerprint density at radius 3 is 2.56 bits per heavy atom. The number of nitrogens with zero attached hydrogens (tertiary/aromatic N) is 6. The summed E-state index contributed by atoms with van der Waals surface area (Å²) in [6, 6.07) is 10.9. The molecule has 0 unspecified atom stereocenters. The number of ether oxygens (including phenoxy) is 1. The van der Waals surface area contributed by atoms with Gasteiger partial charge >= 0.3 is 6.61 Å². The molecule has 0 aliphatic rings. The van der Waals surface area contributed by atoms with Gasteiger partial charge in [0.1, 0.15) is 11.6 Å². The second-order valence-corrected chi connectivity index (χ2v) is 7.56. The van der Waals surface area contributed by atoms with Gasteiger partial charge in [-0.15, -0.1) is 5.10 Å². The molecule has 0 aliphatic heterocycles. The van der Waals surface area contributed by atoms with Crippen LogP contribution < -0.4 is 10.5 Å². The van der Waals surface area contributed by atoms with Crippen LogP contribution in [0.1, 0.15) is 40.4 Å². The van der Waals surface area contributed by atoms with E-state index in [4.69, 9.17) is 5.73 Å². The summed E-state index contributed by atoms with van der Waals surface area (Å²) in [6.45, 7) is 0.673. The van der Waals surface area contributed by atoms with Gasteiger partial charge in [0.05, 0.1) is 23.8 Å². The number of rotatable bonds is 7. The van der Waals surface area contributed by atoms with E-state index in [0.717, 1.165) is 10.9 Å². The van der Waals surface area contributed by atoms with Crippen molar-refractivity contribution in [1.82, 2.24) is 30.0 Å². The fourth-order valence-electron chi connectivity index (χ4n) is 3.41. The van der Waals surface area contributed by atoms with Crippen LogP contribution in [0.2, 0.25) is 0 Å². The van der Waals surface area contributed by atoms with Gasteiger partial charge in [0.15, 0.2) is 0 Å².